The molecule has 0 aromatic heterocycles. The predicted molar refractivity (Wildman–Crippen MR) is 68.1 cm³/mol. The lowest BCUT2D eigenvalue weighted by Crippen LogP contribution is -1.99. The third kappa shape index (κ3) is 3.70. The first-order valence-electron chi connectivity index (χ1n) is 5.96. The van der Waals surface area contributed by atoms with E-state index in [9.17, 15) is 0 Å². The summed E-state index contributed by atoms with van der Waals surface area (Å²) >= 11 is 0. The third-order valence-electron chi connectivity index (χ3n) is 2.68. The Hall–Kier alpha value is -0.780. The number of benzene rings is 1. The molecule has 0 N–H and O–H groups in total. The monoisotopic (exact) mass is 203 g/mol. The lowest BCUT2D eigenvalue weighted by atomic mass is 9.93. The number of aryl methyl sites for hydroxylation is 1. The van der Waals surface area contributed by atoms with Crippen LogP contribution in [-0.2, 0) is 12.8 Å². The molecule has 0 atom stereocenters. The van der Waals surface area contributed by atoms with Gasteiger partial charge in [-0.2, -0.15) is 0 Å². The zero-order valence-corrected chi connectivity index (χ0v) is 10.7. The second-order valence-corrected chi connectivity index (χ2v) is 4.99. The zero-order chi connectivity index (χ0) is 11.4. The summed E-state index contributed by atoms with van der Waals surface area (Å²) in [4.78, 5) is 0. The van der Waals surface area contributed by atoms with E-state index in [0.717, 1.165) is 12.3 Å². The Morgan fingerprint density at radius 1 is 1.07 bits per heavy atom. The Bertz CT molecular complexity index is 308. The fraction of sp³-hybridized carbons (Fsp3) is 0.533. The van der Waals surface area contributed by atoms with Crippen LogP contribution in [0.15, 0.2) is 18.2 Å². The van der Waals surface area contributed by atoms with Crippen LogP contribution < -0.4 is 0 Å². The first-order chi connectivity index (χ1) is 7.02. The minimum atomic E-state index is 0.738. The van der Waals surface area contributed by atoms with Gasteiger partial charge in [-0.3, -0.25) is 0 Å². The lowest BCUT2D eigenvalue weighted by molar-refractivity contribution is 0.646. The van der Waals surface area contributed by atoms with E-state index < -0.39 is 0 Å². The highest BCUT2D eigenvalue weighted by molar-refractivity contribution is 5.37. The van der Waals surface area contributed by atoms with E-state index in [4.69, 9.17) is 0 Å². The van der Waals surface area contributed by atoms with Crippen LogP contribution in [0, 0.1) is 11.8 Å². The van der Waals surface area contributed by atoms with Crippen molar-refractivity contribution < 1.29 is 0 Å². The molecule has 0 nitrogen and oxygen atoms in total. The van der Waals surface area contributed by atoms with Crippen molar-refractivity contribution in [2.75, 3.05) is 0 Å². The predicted octanol–water partition coefficient (Wildman–Crippen LogP) is 4.41. The summed E-state index contributed by atoms with van der Waals surface area (Å²) in [5.74, 6) is 2.15. The Morgan fingerprint density at radius 3 is 2.13 bits per heavy atom. The quantitative estimate of drug-likeness (QED) is 0.680. The summed E-state index contributed by atoms with van der Waals surface area (Å²) in [7, 11) is 0. The topological polar surface area (TPSA) is 0 Å². The molecular formula is C15H23. The molecule has 0 fully saturated rings. The molecule has 0 heteroatoms. The van der Waals surface area contributed by atoms with Gasteiger partial charge < -0.3 is 0 Å². The first kappa shape index (κ1) is 12.3. The molecule has 0 aliphatic heterocycles. The average molecular weight is 203 g/mol. The van der Waals surface area contributed by atoms with Gasteiger partial charge in [0.05, 0.1) is 0 Å². The minimum absolute atomic E-state index is 0.738. The van der Waals surface area contributed by atoms with Gasteiger partial charge in [0, 0.05) is 0 Å². The molecule has 0 bridgehead atoms. The van der Waals surface area contributed by atoms with Gasteiger partial charge in [0.1, 0.15) is 0 Å². The van der Waals surface area contributed by atoms with E-state index in [2.05, 4.69) is 52.8 Å². The SMILES string of the molecule is CCc1cc(CC(C)C)cc([C](C)C)c1. The molecule has 0 saturated heterocycles. The Morgan fingerprint density at radius 2 is 1.67 bits per heavy atom. The van der Waals surface area contributed by atoms with E-state index in [1.807, 2.05) is 0 Å². The van der Waals surface area contributed by atoms with Gasteiger partial charge in [-0.1, -0.05) is 52.8 Å². The summed E-state index contributed by atoms with van der Waals surface area (Å²) in [6, 6.07) is 7.01. The smallest absolute Gasteiger partial charge is 0.00118 e. The average Bonchev–Trinajstić information content (AvgIpc) is 2.16. The van der Waals surface area contributed by atoms with Crippen molar-refractivity contribution in [2.45, 2.75) is 47.5 Å². The van der Waals surface area contributed by atoms with Crippen LogP contribution in [0.4, 0.5) is 0 Å². The van der Waals surface area contributed by atoms with Crippen molar-refractivity contribution in [1.29, 1.82) is 0 Å². The molecule has 1 rings (SSSR count). The molecular weight excluding hydrogens is 180 g/mol. The second kappa shape index (κ2) is 5.34. The van der Waals surface area contributed by atoms with Gasteiger partial charge >= 0.3 is 0 Å². The molecule has 0 amide bonds. The molecule has 1 aromatic rings. The minimum Gasteiger partial charge on any atom is -0.0625 e. The Kier molecular flexibility index (Phi) is 4.38. The molecule has 83 valence electrons. The molecule has 0 aliphatic rings. The van der Waals surface area contributed by atoms with Crippen molar-refractivity contribution >= 4 is 0 Å². The maximum absolute atomic E-state index is 2.35. The van der Waals surface area contributed by atoms with E-state index >= 15 is 0 Å². The van der Waals surface area contributed by atoms with Crippen molar-refractivity contribution in [2.24, 2.45) is 5.92 Å². The van der Waals surface area contributed by atoms with Crippen molar-refractivity contribution in [3.8, 4) is 0 Å². The first-order valence-corrected chi connectivity index (χ1v) is 5.96. The number of hydrogen-bond acceptors (Lipinski definition) is 0. The fourth-order valence-corrected chi connectivity index (χ4v) is 1.84. The van der Waals surface area contributed by atoms with Crippen LogP contribution in [-0.4, -0.2) is 0 Å². The summed E-state index contributed by atoms with van der Waals surface area (Å²) in [5, 5.41) is 0. The van der Waals surface area contributed by atoms with Gasteiger partial charge in [-0.15, -0.1) is 0 Å². The highest BCUT2D eigenvalue weighted by Crippen LogP contribution is 2.20. The second-order valence-electron chi connectivity index (χ2n) is 4.99. The van der Waals surface area contributed by atoms with Crippen molar-refractivity contribution in [3.63, 3.8) is 0 Å². The summed E-state index contributed by atoms with van der Waals surface area (Å²) in [5.41, 5.74) is 4.36. The third-order valence-corrected chi connectivity index (χ3v) is 2.68. The van der Waals surface area contributed by atoms with Crippen molar-refractivity contribution in [1.82, 2.24) is 0 Å². The molecule has 0 saturated carbocycles. The normalized spacial score (nSPS) is 11.4. The molecule has 0 heterocycles. The van der Waals surface area contributed by atoms with E-state index in [0.29, 0.717) is 0 Å². The molecule has 0 unspecified atom stereocenters. The largest absolute Gasteiger partial charge is 0.0625 e. The maximum Gasteiger partial charge on any atom is -0.00118 e. The maximum atomic E-state index is 2.35. The van der Waals surface area contributed by atoms with Crippen LogP contribution in [0.3, 0.4) is 0 Å². The highest BCUT2D eigenvalue weighted by Gasteiger charge is 2.05. The van der Waals surface area contributed by atoms with E-state index in [-0.39, 0.29) is 0 Å². The molecule has 0 aliphatic carbocycles. The molecule has 0 spiro atoms. The van der Waals surface area contributed by atoms with Gasteiger partial charge in [0.2, 0.25) is 0 Å². The molecule has 1 aromatic carbocycles. The zero-order valence-electron chi connectivity index (χ0n) is 10.7. The van der Waals surface area contributed by atoms with Crippen molar-refractivity contribution in [3.05, 3.63) is 40.8 Å². The summed E-state index contributed by atoms with van der Waals surface area (Å²) < 4.78 is 0. The molecule has 15 heavy (non-hydrogen) atoms. The van der Waals surface area contributed by atoms with Crippen LogP contribution in [0.25, 0.3) is 0 Å². The van der Waals surface area contributed by atoms with E-state index in [1.54, 1.807) is 0 Å². The van der Waals surface area contributed by atoms with Gasteiger partial charge in [0.15, 0.2) is 0 Å². The Balaban J connectivity index is 3.00. The number of rotatable bonds is 4. The van der Waals surface area contributed by atoms with E-state index in [1.165, 1.54) is 29.0 Å². The van der Waals surface area contributed by atoms with Crippen LogP contribution in [0.5, 0.6) is 0 Å². The fourth-order valence-electron chi connectivity index (χ4n) is 1.84. The lowest BCUT2D eigenvalue weighted by Gasteiger charge is -2.12. The van der Waals surface area contributed by atoms with Gasteiger partial charge in [0.25, 0.3) is 0 Å². The summed E-state index contributed by atoms with van der Waals surface area (Å²) in [6.07, 6.45) is 2.32. The van der Waals surface area contributed by atoms with Gasteiger partial charge in [-0.25, -0.2) is 0 Å². The van der Waals surface area contributed by atoms with Gasteiger partial charge in [-0.05, 0) is 41.4 Å². The Labute approximate surface area is 94.7 Å². The van der Waals surface area contributed by atoms with Crippen LogP contribution in [0.2, 0.25) is 0 Å². The summed E-state index contributed by atoms with van der Waals surface area (Å²) in [6.45, 7) is 11.2. The number of hydrogen-bond donors (Lipinski definition) is 0. The standard InChI is InChI=1S/C15H23/c1-6-13-8-14(7-11(2)3)10-15(9-13)12(4)5/h8-11H,6-7H2,1-5H3. The highest BCUT2D eigenvalue weighted by atomic mass is 14.1. The van der Waals surface area contributed by atoms with Crippen LogP contribution in [0.1, 0.15) is 51.3 Å². The molecule has 1 radical (unpaired) electrons. The van der Waals surface area contributed by atoms with Crippen LogP contribution >= 0.6 is 0 Å².